The lowest BCUT2D eigenvalue weighted by atomic mass is 10.1. The summed E-state index contributed by atoms with van der Waals surface area (Å²) in [5, 5.41) is 0. The lowest BCUT2D eigenvalue weighted by Crippen LogP contribution is -2.47. The summed E-state index contributed by atoms with van der Waals surface area (Å²) >= 11 is 0. The molecule has 0 bridgehead atoms. The first-order valence-corrected chi connectivity index (χ1v) is 11.1. The van der Waals surface area contributed by atoms with Crippen LogP contribution in [0.25, 0.3) is 0 Å². The molecule has 0 amide bonds. The number of rotatable bonds is 7. The van der Waals surface area contributed by atoms with E-state index < -0.39 is 65.2 Å². The Morgan fingerprint density at radius 3 is 2.43 bits per heavy atom. The molecule has 2 saturated heterocycles. The van der Waals surface area contributed by atoms with Crippen LogP contribution < -0.4 is 0 Å². The molecule has 2 aliphatic heterocycles. The number of hydrogen-bond donors (Lipinski definition) is 0. The number of benzene rings is 1. The van der Waals surface area contributed by atoms with E-state index in [0.29, 0.717) is 0 Å². The van der Waals surface area contributed by atoms with Crippen molar-refractivity contribution in [3.8, 4) is 0 Å². The molecule has 0 N–H and O–H groups in total. The van der Waals surface area contributed by atoms with Gasteiger partial charge in [-0.2, -0.15) is 8.42 Å². The van der Waals surface area contributed by atoms with Crippen molar-refractivity contribution in [2.45, 2.75) is 57.3 Å². The van der Waals surface area contributed by atoms with Crippen LogP contribution in [0.4, 0.5) is 0 Å². The lowest BCUT2D eigenvalue weighted by Gasteiger charge is -2.29. The zero-order valence-corrected chi connectivity index (χ0v) is 17.8. The molecule has 2 heterocycles. The highest BCUT2D eigenvalue weighted by Gasteiger charge is 2.59. The molecule has 5 atom stereocenters. The Bertz CT molecular complexity index is 882. The van der Waals surface area contributed by atoms with Crippen molar-refractivity contribution < 1.29 is 45.9 Å². The van der Waals surface area contributed by atoms with Crippen molar-refractivity contribution in [2.75, 3.05) is 12.9 Å². The first kappa shape index (κ1) is 22.6. The van der Waals surface area contributed by atoms with Gasteiger partial charge in [0.05, 0.1) is 11.8 Å². The summed E-state index contributed by atoms with van der Waals surface area (Å²) in [7, 11) is -3.97. The smallest absolute Gasteiger partial charge is 0.338 e. The second-order valence-corrected chi connectivity index (χ2v) is 9.05. The second kappa shape index (κ2) is 8.60. The summed E-state index contributed by atoms with van der Waals surface area (Å²) in [4.78, 5) is 23.9. The maximum Gasteiger partial charge on any atom is 0.338 e. The van der Waals surface area contributed by atoms with Crippen LogP contribution in [-0.4, -0.2) is 69.7 Å². The van der Waals surface area contributed by atoms with Gasteiger partial charge >= 0.3 is 11.9 Å². The fourth-order valence-electron chi connectivity index (χ4n) is 3.35. The molecule has 166 valence electrons. The Labute approximate surface area is 174 Å². The number of carbonyl (C=O) groups is 2. The van der Waals surface area contributed by atoms with E-state index in [9.17, 15) is 18.0 Å². The van der Waals surface area contributed by atoms with Crippen LogP contribution in [0.15, 0.2) is 30.3 Å². The number of ether oxygens (including phenoxy) is 5. The van der Waals surface area contributed by atoms with E-state index in [1.165, 1.54) is 6.92 Å². The number of esters is 2. The van der Waals surface area contributed by atoms with E-state index >= 15 is 0 Å². The molecule has 0 spiro atoms. The molecule has 10 nitrogen and oxygen atoms in total. The average molecular weight is 444 g/mol. The highest BCUT2D eigenvalue weighted by Crippen LogP contribution is 2.40. The van der Waals surface area contributed by atoms with Crippen molar-refractivity contribution in [3.63, 3.8) is 0 Å². The minimum Gasteiger partial charge on any atom is -0.459 e. The van der Waals surface area contributed by atoms with E-state index in [0.717, 1.165) is 6.26 Å². The monoisotopic (exact) mass is 444 g/mol. The molecule has 2 fully saturated rings. The van der Waals surface area contributed by atoms with Gasteiger partial charge in [0.1, 0.15) is 18.8 Å². The van der Waals surface area contributed by atoms with Crippen LogP contribution in [0.1, 0.15) is 31.1 Å². The van der Waals surface area contributed by atoms with Crippen LogP contribution in [0.5, 0.6) is 0 Å². The quantitative estimate of drug-likeness (QED) is 0.444. The first-order valence-electron chi connectivity index (χ1n) is 9.24. The maximum absolute atomic E-state index is 12.3. The maximum atomic E-state index is 12.3. The van der Waals surface area contributed by atoms with E-state index in [2.05, 4.69) is 0 Å². The van der Waals surface area contributed by atoms with Crippen molar-refractivity contribution >= 4 is 22.1 Å². The summed E-state index contributed by atoms with van der Waals surface area (Å²) in [5.74, 6) is -2.28. The minimum atomic E-state index is -3.97. The van der Waals surface area contributed by atoms with Gasteiger partial charge in [-0.25, -0.2) is 4.79 Å². The Balaban J connectivity index is 1.79. The summed E-state index contributed by atoms with van der Waals surface area (Å²) < 4.78 is 56.5. The van der Waals surface area contributed by atoms with Gasteiger partial charge < -0.3 is 23.7 Å². The fourth-order valence-corrected chi connectivity index (χ4v) is 3.96. The molecule has 1 aromatic carbocycles. The predicted molar refractivity (Wildman–Crippen MR) is 101 cm³/mol. The van der Waals surface area contributed by atoms with Crippen molar-refractivity contribution in [3.05, 3.63) is 35.9 Å². The lowest BCUT2D eigenvalue weighted by molar-refractivity contribution is -0.228. The van der Waals surface area contributed by atoms with E-state index in [4.69, 9.17) is 27.9 Å². The second-order valence-electron chi connectivity index (χ2n) is 7.45. The SMILES string of the molecule is CC(=O)O[C@@H]1[C@H]2OC(C)(C)O[C@H]2O[C@@H]1[C@@H](COC(=O)c1ccccc1)OS(C)(=O)=O. The number of carbonyl (C=O) groups excluding carboxylic acids is 2. The van der Waals surface area contributed by atoms with Gasteiger partial charge in [-0.3, -0.25) is 8.98 Å². The van der Waals surface area contributed by atoms with E-state index in [1.54, 1.807) is 44.2 Å². The highest BCUT2D eigenvalue weighted by molar-refractivity contribution is 7.86. The first-order chi connectivity index (χ1) is 14.0. The third kappa shape index (κ3) is 5.55. The molecule has 0 saturated carbocycles. The Morgan fingerprint density at radius 1 is 1.17 bits per heavy atom. The molecule has 2 aliphatic rings. The topological polar surface area (TPSA) is 124 Å². The molecular weight excluding hydrogens is 420 g/mol. The molecule has 30 heavy (non-hydrogen) atoms. The standard InChI is InChI=1S/C19H24O10S/c1-11(20)25-15-14(26-18-16(15)27-19(2,3)28-18)13(29-30(4,22)23)10-24-17(21)12-8-6-5-7-9-12/h5-9,13-16,18H,10H2,1-4H3/t13-,14-,15+,16-,18-/m1/s1. The largest absolute Gasteiger partial charge is 0.459 e. The van der Waals surface area contributed by atoms with Crippen molar-refractivity contribution in [1.29, 1.82) is 0 Å². The third-order valence-electron chi connectivity index (χ3n) is 4.38. The van der Waals surface area contributed by atoms with Crippen LogP contribution in [0, 0.1) is 0 Å². The van der Waals surface area contributed by atoms with Gasteiger partial charge in [-0.05, 0) is 26.0 Å². The Kier molecular flexibility index (Phi) is 6.48. The summed E-state index contributed by atoms with van der Waals surface area (Å²) in [5.41, 5.74) is 0.282. The molecule has 1 aromatic rings. The molecular formula is C19H24O10S. The minimum absolute atomic E-state index is 0.282. The third-order valence-corrected chi connectivity index (χ3v) is 4.98. The molecule has 0 radical (unpaired) electrons. The summed E-state index contributed by atoms with van der Waals surface area (Å²) in [6.07, 6.45) is -4.30. The van der Waals surface area contributed by atoms with Crippen molar-refractivity contribution in [1.82, 2.24) is 0 Å². The van der Waals surface area contributed by atoms with Gasteiger partial charge in [0.25, 0.3) is 10.1 Å². The van der Waals surface area contributed by atoms with Gasteiger partial charge in [0.15, 0.2) is 24.3 Å². The zero-order chi connectivity index (χ0) is 22.1. The summed E-state index contributed by atoms with van der Waals surface area (Å²) in [6.45, 7) is 4.07. The molecule has 11 heteroatoms. The number of fused-ring (bicyclic) bond motifs is 1. The zero-order valence-electron chi connectivity index (χ0n) is 17.0. The average Bonchev–Trinajstić information content (AvgIpc) is 3.10. The highest BCUT2D eigenvalue weighted by atomic mass is 32.2. The number of hydrogen-bond acceptors (Lipinski definition) is 10. The Hall–Kier alpha value is -2.05. The molecule has 0 aliphatic carbocycles. The van der Waals surface area contributed by atoms with Gasteiger partial charge in [0.2, 0.25) is 0 Å². The van der Waals surface area contributed by atoms with Crippen LogP contribution >= 0.6 is 0 Å². The van der Waals surface area contributed by atoms with E-state index in [1.807, 2.05) is 0 Å². The predicted octanol–water partition coefficient (Wildman–Crippen LogP) is 0.996. The van der Waals surface area contributed by atoms with Crippen molar-refractivity contribution in [2.24, 2.45) is 0 Å². The van der Waals surface area contributed by atoms with Gasteiger partial charge in [-0.15, -0.1) is 0 Å². The van der Waals surface area contributed by atoms with Gasteiger partial charge in [0, 0.05) is 6.92 Å². The summed E-state index contributed by atoms with van der Waals surface area (Å²) in [6, 6.07) is 8.17. The van der Waals surface area contributed by atoms with Gasteiger partial charge in [-0.1, -0.05) is 18.2 Å². The molecule has 3 rings (SSSR count). The normalized spacial score (nSPS) is 28.5. The fraction of sp³-hybridized carbons (Fsp3) is 0.579. The van der Waals surface area contributed by atoms with Crippen LogP contribution in [0.3, 0.4) is 0 Å². The van der Waals surface area contributed by atoms with Crippen LogP contribution in [-0.2, 0) is 42.8 Å². The van der Waals surface area contributed by atoms with E-state index in [-0.39, 0.29) is 5.56 Å². The molecule has 0 aromatic heterocycles. The van der Waals surface area contributed by atoms with Crippen LogP contribution in [0.2, 0.25) is 0 Å². The molecule has 0 unspecified atom stereocenters. The Morgan fingerprint density at radius 2 is 1.83 bits per heavy atom.